The zero-order valence-corrected chi connectivity index (χ0v) is 17.0. The van der Waals surface area contributed by atoms with E-state index in [0.29, 0.717) is 0 Å². The minimum atomic E-state index is -0.818. The molecule has 0 aliphatic carbocycles. The number of anilines is 1. The minimum Gasteiger partial charge on any atom is -0.394 e. The molecule has 0 aromatic heterocycles. The SMILES string of the molecule is Cc1ccc(NC(O[Si](C)C)c2ccc(C(C)(C)C)cc2)cc1C. The highest BCUT2D eigenvalue weighted by atomic mass is 28.3. The van der Waals surface area contributed by atoms with Crippen LogP contribution < -0.4 is 5.32 Å². The first-order valence-electron chi connectivity index (χ1n) is 8.58. The third-order valence-electron chi connectivity index (χ3n) is 4.24. The summed E-state index contributed by atoms with van der Waals surface area (Å²) in [5.74, 6) is 0. The Morgan fingerprint density at radius 3 is 2.04 bits per heavy atom. The first kappa shape index (κ1) is 18.8. The van der Waals surface area contributed by atoms with Crippen molar-refractivity contribution in [2.24, 2.45) is 0 Å². The Labute approximate surface area is 149 Å². The van der Waals surface area contributed by atoms with E-state index in [9.17, 15) is 0 Å². The molecule has 2 aromatic rings. The Hall–Kier alpha value is -1.58. The van der Waals surface area contributed by atoms with Gasteiger partial charge in [0.15, 0.2) is 0 Å². The summed E-state index contributed by atoms with van der Waals surface area (Å²) in [6, 6.07) is 15.3. The summed E-state index contributed by atoms with van der Waals surface area (Å²) in [4.78, 5) is 0. The van der Waals surface area contributed by atoms with Gasteiger partial charge in [0.25, 0.3) is 0 Å². The molecule has 0 aliphatic rings. The lowest BCUT2D eigenvalue weighted by Gasteiger charge is -2.25. The van der Waals surface area contributed by atoms with Gasteiger partial charge in [0, 0.05) is 5.69 Å². The molecule has 1 unspecified atom stereocenters. The van der Waals surface area contributed by atoms with Crippen LogP contribution in [0.3, 0.4) is 0 Å². The normalized spacial score (nSPS) is 13.2. The van der Waals surface area contributed by atoms with Crippen molar-refractivity contribution in [3.63, 3.8) is 0 Å². The molecule has 0 saturated heterocycles. The summed E-state index contributed by atoms with van der Waals surface area (Å²) in [6.45, 7) is 15.3. The molecule has 0 fully saturated rings. The molecule has 3 heteroatoms. The smallest absolute Gasteiger partial charge is 0.208 e. The predicted octanol–water partition coefficient (Wildman–Crippen LogP) is 5.98. The highest BCUT2D eigenvalue weighted by Gasteiger charge is 2.17. The maximum atomic E-state index is 6.23. The van der Waals surface area contributed by atoms with Gasteiger partial charge >= 0.3 is 0 Å². The lowest BCUT2D eigenvalue weighted by molar-refractivity contribution is 0.240. The molecule has 1 N–H and O–H groups in total. The predicted molar refractivity (Wildman–Crippen MR) is 106 cm³/mol. The van der Waals surface area contributed by atoms with Crippen LogP contribution in [0.4, 0.5) is 5.69 Å². The van der Waals surface area contributed by atoms with Crippen LogP contribution in [0, 0.1) is 13.8 Å². The molecule has 0 saturated carbocycles. The van der Waals surface area contributed by atoms with E-state index in [1.807, 2.05) is 0 Å². The topological polar surface area (TPSA) is 21.3 Å². The Morgan fingerprint density at radius 1 is 0.917 bits per heavy atom. The Balaban J connectivity index is 2.26. The van der Waals surface area contributed by atoms with Crippen LogP contribution in [-0.4, -0.2) is 9.04 Å². The molecule has 2 aromatic carbocycles. The maximum Gasteiger partial charge on any atom is 0.208 e. The number of aryl methyl sites for hydroxylation is 2. The quantitative estimate of drug-likeness (QED) is 0.534. The number of hydrogen-bond acceptors (Lipinski definition) is 2. The van der Waals surface area contributed by atoms with E-state index < -0.39 is 9.04 Å². The summed E-state index contributed by atoms with van der Waals surface area (Å²) in [5, 5.41) is 3.56. The summed E-state index contributed by atoms with van der Waals surface area (Å²) in [5.41, 5.74) is 6.39. The van der Waals surface area contributed by atoms with Crippen molar-refractivity contribution in [3.05, 3.63) is 64.7 Å². The minimum absolute atomic E-state index is 0.106. The van der Waals surface area contributed by atoms with Gasteiger partial charge < -0.3 is 9.74 Å². The van der Waals surface area contributed by atoms with Gasteiger partial charge in [-0.1, -0.05) is 51.1 Å². The number of hydrogen-bond donors (Lipinski definition) is 1. The van der Waals surface area contributed by atoms with Crippen LogP contribution in [0.25, 0.3) is 0 Å². The van der Waals surface area contributed by atoms with Crippen molar-refractivity contribution < 1.29 is 4.43 Å². The third kappa shape index (κ3) is 4.95. The molecule has 0 aliphatic heterocycles. The highest BCUT2D eigenvalue weighted by molar-refractivity contribution is 6.48. The van der Waals surface area contributed by atoms with Crippen LogP contribution in [-0.2, 0) is 9.84 Å². The van der Waals surface area contributed by atoms with Gasteiger partial charge in [-0.25, -0.2) is 0 Å². The summed E-state index contributed by atoms with van der Waals surface area (Å²) in [6.07, 6.45) is -0.106. The average molecular weight is 341 g/mol. The average Bonchev–Trinajstić information content (AvgIpc) is 2.49. The summed E-state index contributed by atoms with van der Waals surface area (Å²) in [7, 11) is -0.818. The molecule has 2 nitrogen and oxygen atoms in total. The number of benzene rings is 2. The Morgan fingerprint density at radius 2 is 1.54 bits per heavy atom. The number of rotatable bonds is 5. The zero-order chi connectivity index (χ0) is 17.9. The third-order valence-corrected chi connectivity index (χ3v) is 4.94. The van der Waals surface area contributed by atoms with Crippen LogP contribution in [0.5, 0.6) is 0 Å². The number of nitrogens with one attached hydrogen (secondary N) is 1. The van der Waals surface area contributed by atoms with Crippen molar-refractivity contribution in [3.8, 4) is 0 Å². The second-order valence-electron chi connectivity index (χ2n) is 7.72. The molecule has 0 bridgehead atoms. The molecule has 0 amide bonds. The fourth-order valence-electron chi connectivity index (χ4n) is 2.56. The summed E-state index contributed by atoms with van der Waals surface area (Å²) >= 11 is 0. The molecule has 0 heterocycles. The van der Waals surface area contributed by atoms with Crippen LogP contribution >= 0.6 is 0 Å². The highest BCUT2D eigenvalue weighted by Crippen LogP contribution is 2.27. The molecule has 129 valence electrons. The van der Waals surface area contributed by atoms with Crippen molar-refractivity contribution >= 4 is 14.7 Å². The van der Waals surface area contributed by atoms with E-state index in [4.69, 9.17) is 4.43 Å². The Kier molecular flexibility index (Phi) is 5.89. The van der Waals surface area contributed by atoms with Gasteiger partial charge in [-0.2, -0.15) is 0 Å². The van der Waals surface area contributed by atoms with Gasteiger partial charge in [0.1, 0.15) is 6.23 Å². The first-order chi connectivity index (χ1) is 11.2. The molecule has 1 atom stereocenters. The van der Waals surface area contributed by atoms with E-state index >= 15 is 0 Å². The fraction of sp³-hybridized carbons (Fsp3) is 0.429. The monoisotopic (exact) mass is 340 g/mol. The van der Waals surface area contributed by atoms with Crippen LogP contribution in [0.2, 0.25) is 13.1 Å². The van der Waals surface area contributed by atoms with Gasteiger partial charge in [-0.15, -0.1) is 0 Å². The van der Waals surface area contributed by atoms with E-state index in [1.54, 1.807) is 0 Å². The first-order valence-corrected chi connectivity index (χ1v) is 11.0. The Bertz CT molecular complexity index is 671. The van der Waals surface area contributed by atoms with E-state index in [-0.39, 0.29) is 11.6 Å². The van der Waals surface area contributed by atoms with Crippen molar-refractivity contribution in [1.82, 2.24) is 0 Å². The zero-order valence-electron chi connectivity index (χ0n) is 16.0. The van der Waals surface area contributed by atoms with Crippen LogP contribution in [0.15, 0.2) is 42.5 Å². The molecular formula is C21H30NOSi. The van der Waals surface area contributed by atoms with Gasteiger partial charge in [0.05, 0.1) is 0 Å². The second kappa shape index (κ2) is 7.54. The lowest BCUT2D eigenvalue weighted by atomic mass is 9.86. The maximum absolute atomic E-state index is 6.23. The van der Waals surface area contributed by atoms with Gasteiger partial charge in [-0.05, 0) is 66.7 Å². The standard InChI is InChI=1S/C21H30NOSi/c1-15-8-13-19(14-16(15)2)22-20(23-24(6)7)17-9-11-18(12-10-17)21(3,4)5/h8-14,20,22H,1-7H3. The van der Waals surface area contributed by atoms with Crippen LogP contribution in [0.1, 0.15) is 49.3 Å². The molecule has 2 rings (SSSR count). The van der Waals surface area contributed by atoms with E-state index in [0.717, 1.165) is 5.69 Å². The second-order valence-corrected chi connectivity index (χ2v) is 9.77. The molecule has 24 heavy (non-hydrogen) atoms. The molecule has 1 radical (unpaired) electrons. The summed E-state index contributed by atoms with van der Waals surface area (Å²) < 4.78 is 6.23. The largest absolute Gasteiger partial charge is 0.394 e. The van der Waals surface area contributed by atoms with Gasteiger partial charge in [0.2, 0.25) is 9.04 Å². The lowest BCUT2D eigenvalue weighted by Crippen LogP contribution is -2.21. The van der Waals surface area contributed by atoms with E-state index in [2.05, 4.69) is 95.5 Å². The molecule has 0 spiro atoms. The fourth-order valence-corrected chi connectivity index (χ4v) is 3.22. The van der Waals surface area contributed by atoms with Crippen molar-refractivity contribution in [1.29, 1.82) is 0 Å². The molecular weight excluding hydrogens is 310 g/mol. The van der Waals surface area contributed by atoms with Crippen molar-refractivity contribution in [2.45, 2.75) is 59.4 Å². The van der Waals surface area contributed by atoms with Crippen molar-refractivity contribution in [2.75, 3.05) is 5.32 Å². The van der Waals surface area contributed by atoms with E-state index in [1.165, 1.54) is 22.3 Å². The van der Waals surface area contributed by atoms with Gasteiger partial charge in [-0.3, -0.25) is 0 Å².